The Kier molecular flexibility index (Phi) is 4.84. The van der Waals surface area contributed by atoms with E-state index in [0.717, 1.165) is 0 Å². The molecule has 0 spiro atoms. The molecule has 0 aliphatic heterocycles. The van der Waals surface area contributed by atoms with Crippen LogP contribution in [0.2, 0.25) is 0 Å². The highest BCUT2D eigenvalue weighted by Gasteiger charge is 2.45. The van der Waals surface area contributed by atoms with Gasteiger partial charge in [0.1, 0.15) is 6.10 Å². The van der Waals surface area contributed by atoms with Crippen LogP contribution in [0.3, 0.4) is 0 Å². The van der Waals surface area contributed by atoms with Gasteiger partial charge in [-0.3, -0.25) is 0 Å². The molecule has 0 saturated heterocycles. The van der Waals surface area contributed by atoms with E-state index in [1.165, 1.54) is 6.92 Å². The first-order valence-electron chi connectivity index (χ1n) is 4.86. The van der Waals surface area contributed by atoms with Crippen LogP contribution in [0.4, 0.5) is 5.69 Å². The predicted octanol–water partition coefficient (Wildman–Crippen LogP) is 2.22. The van der Waals surface area contributed by atoms with E-state index in [2.05, 4.69) is 15.9 Å². The minimum Gasteiger partial charge on any atom is -0.399 e. The Labute approximate surface area is 123 Å². The summed E-state index contributed by atoms with van der Waals surface area (Å²) in [6, 6.07) is 6.55. The lowest BCUT2D eigenvalue weighted by molar-refractivity contribution is 0.191. The highest BCUT2D eigenvalue weighted by Crippen LogP contribution is 2.45. The largest absolute Gasteiger partial charge is 0.399 e. The zero-order chi connectivity index (χ0) is 13.3. The van der Waals surface area contributed by atoms with Crippen LogP contribution in [-0.4, -0.2) is 20.9 Å². The molecule has 96 valence electrons. The van der Waals surface area contributed by atoms with Crippen molar-refractivity contribution < 1.29 is 13.5 Å². The third-order valence-corrected chi connectivity index (χ3v) is 8.67. The zero-order valence-electron chi connectivity index (χ0n) is 9.10. The Bertz CT molecular complexity index is 504. The van der Waals surface area contributed by atoms with Crippen molar-refractivity contribution in [3.8, 4) is 0 Å². The summed E-state index contributed by atoms with van der Waals surface area (Å²) in [4.78, 5) is 0. The third kappa shape index (κ3) is 3.12. The molecule has 0 aliphatic carbocycles. The molecule has 1 aromatic carbocycles. The molecule has 0 saturated carbocycles. The molecular weight excluding hydrogens is 421 g/mol. The van der Waals surface area contributed by atoms with Gasteiger partial charge in [0.05, 0.1) is 0 Å². The van der Waals surface area contributed by atoms with Crippen LogP contribution in [0, 0.1) is 0 Å². The Morgan fingerprint density at radius 1 is 1.59 bits per heavy atom. The molecule has 1 rings (SSSR count). The Morgan fingerprint density at radius 2 is 2.18 bits per heavy atom. The number of benzene rings is 1. The number of aliphatic hydroxyl groups excluding tert-OH is 1. The van der Waals surface area contributed by atoms with Crippen molar-refractivity contribution >= 4 is 54.0 Å². The number of halogens is 2. The summed E-state index contributed by atoms with van der Waals surface area (Å²) < 4.78 is 22.3. The molecule has 0 aromatic heterocycles. The van der Waals surface area contributed by atoms with Gasteiger partial charge in [-0.1, -0.05) is 35.0 Å². The van der Waals surface area contributed by atoms with Crippen LogP contribution >= 0.6 is 38.5 Å². The van der Waals surface area contributed by atoms with Gasteiger partial charge in [0.2, 0.25) is 1.66 Å². The normalized spacial score (nSPS) is 17.4. The van der Waals surface area contributed by atoms with Gasteiger partial charge in [-0.2, -0.15) is 0 Å². The molecule has 0 radical (unpaired) electrons. The highest BCUT2D eigenvalue weighted by atomic mass is 127. The number of alkyl halides is 2. The Morgan fingerprint density at radius 3 is 2.65 bits per heavy atom. The Balaban J connectivity index is 3.17. The molecule has 1 aromatic rings. The van der Waals surface area contributed by atoms with Gasteiger partial charge < -0.3 is 10.8 Å². The van der Waals surface area contributed by atoms with Gasteiger partial charge >= 0.3 is 0 Å². The van der Waals surface area contributed by atoms with Crippen molar-refractivity contribution in [1.82, 2.24) is 0 Å². The number of nitrogen functional groups attached to an aromatic ring is 1. The zero-order valence-corrected chi connectivity index (χ0v) is 13.7. The molecule has 3 N–H and O–H groups in total. The van der Waals surface area contributed by atoms with Crippen LogP contribution in [0.15, 0.2) is 24.3 Å². The third-order valence-electron chi connectivity index (χ3n) is 2.34. The maximum absolute atomic E-state index is 11.9. The SMILES string of the molecule is CCS(=O)(=O)[C@](Br)(I)[C@@H](O)c1cccc(N)c1. The topological polar surface area (TPSA) is 80.4 Å². The van der Waals surface area contributed by atoms with Crippen LogP contribution in [0.5, 0.6) is 0 Å². The van der Waals surface area contributed by atoms with Crippen LogP contribution < -0.4 is 5.73 Å². The summed E-state index contributed by atoms with van der Waals surface area (Å²) in [6.45, 7) is 1.54. The molecule has 2 atom stereocenters. The van der Waals surface area contributed by atoms with E-state index in [4.69, 9.17) is 5.73 Å². The Hall–Kier alpha value is 0.140. The number of sulfone groups is 1. The van der Waals surface area contributed by atoms with E-state index in [9.17, 15) is 13.5 Å². The smallest absolute Gasteiger partial charge is 0.207 e. The first kappa shape index (κ1) is 15.2. The van der Waals surface area contributed by atoms with Gasteiger partial charge in [0.15, 0.2) is 9.84 Å². The predicted molar refractivity (Wildman–Crippen MR) is 81.0 cm³/mol. The summed E-state index contributed by atoms with van der Waals surface area (Å²) in [7, 11) is -3.45. The van der Waals surface area contributed by atoms with E-state index >= 15 is 0 Å². The molecule has 7 heteroatoms. The van der Waals surface area contributed by atoms with Crippen molar-refractivity contribution in [2.45, 2.75) is 14.7 Å². The second-order valence-corrected chi connectivity index (χ2v) is 11.7. The molecular formula is C10H13BrINO3S. The fourth-order valence-corrected chi connectivity index (χ4v) is 4.39. The first-order chi connectivity index (χ1) is 7.72. The van der Waals surface area contributed by atoms with E-state index in [1.807, 2.05) is 0 Å². The molecule has 0 fully saturated rings. The lowest BCUT2D eigenvalue weighted by Gasteiger charge is -2.26. The second-order valence-electron chi connectivity index (χ2n) is 3.54. The maximum atomic E-state index is 11.9. The monoisotopic (exact) mass is 433 g/mol. The molecule has 0 bridgehead atoms. The molecule has 0 aliphatic rings. The highest BCUT2D eigenvalue weighted by molar-refractivity contribution is 14.1. The standard InChI is InChI=1S/C10H13BrINO3S/c1-2-17(15,16)10(11,12)9(14)7-4-3-5-8(13)6-7/h3-6,9,14H,2,13H2,1H3/t9-,10+/m0/s1. The van der Waals surface area contributed by atoms with Gasteiger partial charge in [-0.15, -0.1) is 0 Å². The molecule has 17 heavy (non-hydrogen) atoms. The van der Waals surface area contributed by atoms with E-state index in [-0.39, 0.29) is 5.75 Å². The summed E-state index contributed by atoms with van der Waals surface area (Å²) in [5, 5.41) is 10.2. The average Bonchev–Trinajstić information content (AvgIpc) is 2.27. The average molecular weight is 434 g/mol. The van der Waals surface area contributed by atoms with E-state index in [0.29, 0.717) is 11.3 Å². The number of nitrogens with two attached hydrogens (primary N) is 1. The van der Waals surface area contributed by atoms with E-state index in [1.54, 1.807) is 46.9 Å². The van der Waals surface area contributed by atoms with Gasteiger partial charge in [-0.25, -0.2) is 8.42 Å². The van der Waals surface area contributed by atoms with Crippen molar-refractivity contribution in [1.29, 1.82) is 0 Å². The van der Waals surface area contributed by atoms with Gasteiger partial charge in [-0.05, 0) is 40.3 Å². The van der Waals surface area contributed by atoms with Crippen LogP contribution in [0.1, 0.15) is 18.6 Å². The fraction of sp³-hybridized carbons (Fsp3) is 0.400. The summed E-state index contributed by atoms with van der Waals surface area (Å²) >= 11 is 4.80. The lowest BCUT2D eigenvalue weighted by atomic mass is 10.1. The van der Waals surface area contributed by atoms with Gasteiger partial charge in [0, 0.05) is 11.4 Å². The quantitative estimate of drug-likeness (QED) is 0.433. The van der Waals surface area contributed by atoms with Crippen molar-refractivity contribution in [2.24, 2.45) is 0 Å². The first-order valence-corrected chi connectivity index (χ1v) is 8.38. The number of anilines is 1. The van der Waals surface area contributed by atoms with Crippen molar-refractivity contribution in [3.63, 3.8) is 0 Å². The van der Waals surface area contributed by atoms with Gasteiger partial charge in [0.25, 0.3) is 0 Å². The van der Waals surface area contributed by atoms with Crippen molar-refractivity contribution in [2.75, 3.05) is 11.5 Å². The summed E-state index contributed by atoms with van der Waals surface area (Å²) in [5.74, 6) is -0.0550. The van der Waals surface area contributed by atoms with Crippen LogP contribution in [0.25, 0.3) is 0 Å². The minimum atomic E-state index is -3.45. The molecule has 0 unspecified atom stereocenters. The molecule has 4 nitrogen and oxygen atoms in total. The maximum Gasteiger partial charge on any atom is 0.207 e. The summed E-state index contributed by atoms with van der Waals surface area (Å²) in [5.41, 5.74) is 6.55. The molecule has 0 amide bonds. The number of hydrogen-bond acceptors (Lipinski definition) is 4. The van der Waals surface area contributed by atoms with Crippen LogP contribution in [-0.2, 0) is 9.84 Å². The fourth-order valence-electron chi connectivity index (χ4n) is 1.29. The number of hydrogen-bond donors (Lipinski definition) is 2. The molecule has 0 heterocycles. The lowest BCUT2D eigenvalue weighted by Crippen LogP contribution is -2.33. The minimum absolute atomic E-state index is 0.0550. The second kappa shape index (κ2) is 5.41. The summed E-state index contributed by atoms with van der Waals surface area (Å²) in [6.07, 6.45) is -1.18. The number of aliphatic hydroxyl groups is 1. The number of rotatable bonds is 4. The van der Waals surface area contributed by atoms with E-state index < -0.39 is 17.6 Å². The van der Waals surface area contributed by atoms with Crippen molar-refractivity contribution in [3.05, 3.63) is 29.8 Å².